The van der Waals surface area contributed by atoms with Crippen LogP contribution in [0, 0.1) is 67.9 Å². The average Bonchev–Trinajstić information content (AvgIpc) is 1.40. The number of ether oxygens (including phenoxy) is 3. The number of Topliss-reactive ketones (excluding diaryl/α,β-unsaturated/α-hetero) is 1. The number of nitrogens with zero attached hydrogens (tertiary/aromatic N) is 6. The van der Waals surface area contributed by atoms with Gasteiger partial charge in [0.2, 0.25) is 10.9 Å². The summed E-state index contributed by atoms with van der Waals surface area (Å²) < 4.78 is 55.6. The normalized spacial score (nSPS) is 29.0. The summed E-state index contributed by atoms with van der Waals surface area (Å²) in [6.07, 6.45) is 10.6. The van der Waals surface area contributed by atoms with Gasteiger partial charge in [0, 0.05) is 116 Å². The number of methoxy groups -OCH3 is 2. The Morgan fingerprint density at radius 3 is 1.88 bits per heavy atom. The number of fused-ring (bicyclic) bond motifs is 7. The summed E-state index contributed by atoms with van der Waals surface area (Å²) in [5.41, 5.74) is -1.95. The lowest BCUT2D eigenvalue weighted by Gasteiger charge is -2.59. The lowest BCUT2D eigenvalue weighted by Crippen LogP contribution is -2.61. The Labute approximate surface area is 486 Å². The number of carbonyl (C=O) groups excluding carboxylic acids is 3. The number of aryl methyl sites for hydroxylation is 2. The number of pyridine rings is 2. The molecule has 1 unspecified atom stereocenters. The van der Waals surface area contributed by atoms with E-state index in [1.165, 1.54) is 21.1 Å². The fraction of sp³-hybridized carbons (Fsp3) is 0.594. The van der Waals surface area contributed by atoms with Crippen LogP contribution in [-0.2, 0) is 14.3 Å². The van der Waals surface area contributed by atoms with E-state index in [1.807, 2.05) is 39.2 Å². The standard InChI is InChI=1S/C64H78F2N6O12/c1-32-30-70(27-26-68(32)21-18-44(75)64(81)20-17-42-41-15-10-37-28-40(73)16-19-62(37,6)49(41)43(74)29-63(42,64)7)55-51(66)34(3)46-53(59(55)83-9)72(39-13-14-39)36(5)48(57(46)77)61(80)84-31-67-22-24-69(25-23-67)54-50(65)33(2)45-52(58(54)82-8)71(38-11-12-38)35(4)47(56(45)76)60(78)79/h16,19,28,32,38-39,41-43,49,74,81H,10-15,17-18,20-27,29-31H2,1-9H3,(H,78,79)/t32?,41-,42-,43-,49+,62-,63-,64-/m0/s1. The molecule has 0 spiro atoms. The van der Waals surface area contributed by atoms with Crippen molar-refractivity contribution in [3.63, 3.8) is 0 Å². The maximum absolute atomic E-state index is 17.3. The molecule has 0 bridgehead atoms. The molecule has 2 aromatic carbocycles. The number of rotatable bonds is 14. The van der Waals surface area contributed by atoms with Gasteiger partial charge in [-0.25, -0.2) is 18.4 Å². The Balaban J connectivity index is 0.736. The second kappa shape index (κ2) is 20.9. The smallest absolute Gasteiger partial charge is 0.345 e. The molecule has 18 nitrogen and oxygen atoms in total. The lowest BCUT2D eigenvalue weighted by molar-refractivity contribution is -0.177. The number of aromatic carboxylic acids is 1. The van der Waals surface area contributed by atoms with E-state index in [4.69, 9.17) is 14.2 Å². The highest BCUT2D eigenvalue weighted by Crippen LogP contribution is 2.67. The Kier molecular flexibility index (Phi) is 14.4. The Hall–Kier alpha value is -6.48. The number of carbonyl (C=O) groups is 4. The highest BCUT2D eigenvalue weighted by molar-refractivity contribution is 6.03. The number of anilines is 2. The van der Waals surface area contributed by atoms with Crippen LogP contribution >= 0.6 is 0 Å². The van der Waals surface area contributed by atoms with E-state index in [2.05, 4.69) is 11.8 Å². The molecule has 4 heterocycles. The van der Waals surface area contributed by atoms with E-state index >= 15 is 8.78 Å². The second-order valence-corrected chi connectivity index (χ2v) is 26.0. The van der Waals surface area contributed by atoms with E-state index in [-0.39, 0.29) is 130 Å². The zero-order valence-electron chi connectivity index (χ0n) is 49.7. The molecule has 2 saturated heterocycles. The van der Waals surface area contributed by atoms with Gasteiger partial charge in [0.15, 0.2) is 34.7 Å². The number of benzene rings is 2. The summed E-state index contributed by atoms with van der Waals surface area (Å²) in [7, 11) is 2.86. The summed E-state index contributed by atoms with van der Waals surface area (Å²) in [5.74, 6) is -3.46. The van der Waals surface area contributed by atoms with Crippen LogP contribution in [0.1, 0.15) is 140 Å². The van der Waals surface area contributed by atoms with Crippen LogP contribution < -0.4 is 30.1 Å². The first-order chi connectivity index (χ1) is 39.9. The molecule has 6 aliphatic carbocycles. The number of aromatic nitrogens is 2. The molecule has 2 aliphatic heterocycles. The van der Waals surface area contributed by atoms with Gasteiger partial charge in [-0.05, 0) is 116 Å². The van der Waals surface area contributed by atoms with E-state index in [0.29, 0.717) is 75.3 Å². The van der Waals surface area contributed by atoms with Crippen LogP contribution in [-0.4, -0.2) is 149 Å². The molecule has 450 valence electrons. The predicted octanol–water partition coefficient (Wildman–Crippen LogP) is 7.63. The first-order valence-corrected chi connectivity index (χ1v) is 30.1. The van der Waals surface area contributed by atoms with Crippen molar-refractivity contribution in [2.24, 2.45) is 28.6 Å². The highest BCUT2D eigenvalue weighted by Gasteiger charge is 2.68. The van der Waals surface area contributed by atoms with Crippen LogP contribution in [0.15, 0.2) is 33.4 Å². The lowest BCUT2D eigenvalue weighted by atomic mass is 9.46. The topological polar surface area (TPSA) is 214 Å². The number of carboxylic acid groups (broad SMARTS) is 1. The SMILES string of the molecule is COc1c(N2CCN(COC(=O)c3c(C)n(C4CC4)c4c(OC)c(N5CCN(CCC(=O)[C@@]6(O)CC[C@H]7[C@@H]8CCC9=CC(=O)C=C[C@]9(C)[C@H]8[C@@H](O)C[C@@]76C)C(C)C5)c(F)c(C)c4c3=O)CC2)c(F)c(C)c2c(=O)c(C(=O)O)c(C)n(C3CC3)c12. The molecule has 5 saturated carbocycles. The first-order valence-electron chi connectivity index (χ1n) is 30.1. The zero-order valence-corrected chi connectivity index (χ0v) is 49.7. The summed E-state index contributed by atoms with van der Waals surface area (Å²) in [4.78, 5) is 89.7. The monoisotopic (exact) mass is 1160 g/mol. The molecular formula is C64H78F2N6O12. The first kappa shape index (κ1) is 57.9. The van der Waals surface area contributed by atoms with E-state index < -0.39 is 62.5 Å². The van der Waals surface area contributed by atoms with Crippen molar-refractivity contribution < 1.29 is 57.5 Å². The molecule has 20 heteroatoms. The maximum Gasteiger partial charge on any atom is 0.345 e. The number of aliphatic hydroxyl groups is 2. The fourth-order valence-electron chi connectivity index (χ4n) is 16.9. The molecule has 0 radical (unpaired) electrons. The summed E-state index contributed by atoms with van der Waals surface area (Å²) in [5, 5.41) is 34.5. The van der Waals surface area contributed by atoms with Gasteiger partial charge >= 0.3 is 11.9 Å². The highest BCUT2D eigenvalue weighted by atomic mass is 19.1. The predicted molar refractivity (Wildman–Crippen MR) is 312 cm³/mol. The van der Waals surface area contributed by atoms with Crippen LogP contribution in [0.25, 0.3) is 21.8 Å². The quantitative estimate of drug-likeness (QED) is 0.104. The third kappa shape index (κ3) is 8.70. The number of hydrogen-bond donors (Lipinski definition) is 3. The van der Waals surface area contributed by atoms with Crippen LogP contribution in [0.3, 0.4) is 0 Å². The van der Waals surface area contributed by atoms with Crippen molar-refractivity contribution in [1.29, 1.82) is 0 Å². The Morgan fingerprint density at radius 2 is 1.32 bits per heavy atom. The number of allylic oxidation sites excluding steroid dienone is 4. The van der Waals surface area contributed by atoms with Crippen molar-refractivity contribution in [2.75, 3.05) is 83.1 Å². The number of carboxylic acids is 1. The molecular weight excluding hydrogens is 1080 g/mol. The van der Waals surface area contributed by atoms with Crippen LogP contribution in [0.5, 0.6) is 11.5 Å². The average molecular weight is 1160 g/mol. The van der Waals surface area contributed by atoms with E-state index in [1.54, 1.807) is 37.5 Å². The molecule has 4 aromatic rings. The summed E-state index contributed by atoms with van der Waals surface area (Å²) >= 11 is 0. The number of aliphatic hydroxyl groups excluding tert-OH is 1. The van der Waals surface area contributed by atoms with Crippen molar-refractivity contribution in [3.05, 3.63) is 89.5 Å². The van der Waals surface area contributed by atoms with Gasteiger partial charge in [0.25, 0.3) is 0 Å². The molecule has 3 N–H and O–H groups in total. The zero-order chi connectivity index (χ0) is 60.0. The molecule has 12 rings (SSSR count). The Bertz CT molecular complexity index is 3690. The van der Waals surface area contributed by atoms with E-state index in [9.17, 15) is 44.1 Å². The number of esters is 1. The van der Waals surface area contributed by atoms with E-state index in [0.717, 1.165) is 44.1 Å². The van der Waals surface area contributed by atoms with Crippen LogP contribution in [0.4, 0.5) is 20.2 Å². The summed E-state index contributed by atoms with van der Waals surface area (Å²) in [6, 6.07) is -0.313. The largest absolute Gasteiger partial charge is 0.492 e. The van der Waals surface area contributed by atoms with Gasteiger partial charge in [-0.15, -0.1) is 0 Å². The Morgan fingerprint density at radius 1 is 0.762 bits per heavy atom. The van der Waals surface area contributed by atoms with Crippen molar-refractivity contribution >= 4 is 56.7 Å². The molecule has 2 aromatic heterocycles. The van der Waals surface area contributed by atoms with Crippen molar-refractivity contribution in [1.82, 2.24) is 18.9 Å². The third-order valence-electron chi connectivity index (χ3n) is 21.5. The molecule has 0 amide bonds. The van der Waals surface area contributed by atoms with Gasteiger partial charge in [-0.1, -0.05) is 25.5 Å². The van der Waals surface area contributed by atoms with Gasteiger partial charge in [0.1, 0.15) is 34.8 Å². The fourth-order valence-corrected chi connectivity index (χ4v) is 16.9. The van der Waals surface area contributed by atoms with Crippen molar-refractivity contribution in [3.8, 4) is 11.5 Å². The minimum Gasteiger partial charge on any atom is -0.492 e. The number of hydrogen-bond acceptors (Lipinski definition) is 15. The van der Waals surface area contributed by atoms with Gasteiger partial charge in [0.05, 0.1) is 42.1 Å². The molecule has 8 aliphatic rings. The minimum absolute atomic E-state index is 0.0255. The van der Waals surface area contributed by atoms with Gasteiger partial charge < -0.3 is 48.5 Å². The number of piperazine rings is 2. The van der Waals surface area contributed by atoms with Gasteiger partial charge in [-0.3, -0.25) is 29.0 Å². The van der Waals surface area contributed by atoms with Crippen LogP contribution in [0.2, 0.25) is 0 Å². The second-order valence-electron chi connectivity index (χ2n) is 26.0. The van der Waals surface area contributed by atoms with Gasteiger partial charge in [-0.2, -0.15) is 0 Å². The van der Waals surface area contributed by atoms with Crippen molar-refractivity contribution in [2.45, 2.75) is 143 Å². The molecule has 84 heavy (non-hydrogen) atoms. The minimum atomic E-state index is -1.60. The molecule has 7 fully saturated rings. The number of halogens is 2. The molecule has 8 atom stereocenters. The maximum atomic E-state index is 17.3. The third-order valence-corrected chi connectivity index (χ3v) is 21.5. The summed E-state index contributed by atoms with van der Waals surface area (Å²) in [6.45, 7) is 15.0. The number of ketones is 2.